The molecule has 0 aliphatic heterocycles. The average Bonchev–Trinajstić information content (AvgIpc) is 2.42. The zero-order chi connectivity index (χ0) is 13.8. The molecule has 0 aliphatic carbocycles. The summed E-state index contributed by atoms with van der Waals surface area (Å²) < 4.78 is 1.11. The Kier molecular flexibility index (Phi) is 4.58. The number of hydrogen-bond donors (Lipinski definition) is 1. The lowest BCUT2D eigenvalue weighted by Crippen LogP contribution is -2.26. The van der Waals surface area contributed by atoms with Gasteiger partial charge in [-0.3, -0.25) is 4.79 Å². The minimum Gasteiger partial charge on any atom is -0.346 e. The van der Waals surface area contributed by atoms with E-state index in [1.807, 2.05) is 62.4 Å². The number of rotatable bonds is 3. The minimum atomic E-state index is -0.0331. The molecule has 1 amide bonds. The second-order valence-electron chi connectivity index (χ2n) is 4.57. The number of aryl methyl sites for hydroxylation is 1. The van der Waals surface area contributed by atoms with E-state index in [1.165, 1.54) is 5.56 Å². The second kappa shape index (κ2) is 6.19. The maximum Gasteiger partial charge on any atom is 0.251 e. The van der Waals surface area contributed by atoms with Crippen LogP contribution in [-0.2, 0) is 0 Å². The number of nitrogens with one attached hydrogen (secondary N) is 1. The third-order valence-corrected chi connectivity index (χ3v) is 4.24. The van der Waals surface area contributed by atoms with Crippen LogP contribution in [0.15, 0.2) is 48.5 Å². The average molecular weight is 365 g/mol. The van der Waals surface area contributed by atoms with E-state index >= 15 is 0 Å². The van der Waals surface area contributed by atoms with Gasteiger partial charge in [0.25, 0.3) is 5.91 Å². The topological polar surface area (TPSA) is 29.1 Å². The number of benzene rings is 2. The first-order valence-corrected chi connectivity index (χ1v) is 7.28. The van der Waals surface area contributed by atoms with Crippen LogP contribution in [-0.4, -0.2) is 5.91 Å². The van der Waals surface area contributed by atoms with Gasteiger partial charge in [0.15, 0.2) is 0 Å². The van der Waals surface area contributed by atoms with E-state index in [9.17, 15) is 4.79 Å². The van der Waals surface area contributed by atoms with Gasteiger partial charge in [0.1, 0.15) is 0 Å². The highest BCUT2D eigenvalue weighted by Crippen LogP contribution is 2.16. The SMILES string of the molecule is Cc1ccc(C(=O)N[C@H](C)c2ccccc2)cc1I. The molecule has 2 rings (SSSR count). The largest absolute Gasteiger partial charge is 0.346 e. The lowest BCUT2D eigenvalue weighted by Gasteiger charge is -2.14. The molecule has 1 N–H and O–H groups in total. The lowest BCUT2D eigenvalue weighted by atomic mass is 10.1. The van der Waals surface area contributed by atoms with Gasteiger partial charge in [-0.15, -0.1) is 0 Å². The quantitative estimate of drug-likeness (QED) is 0.816. The fourth-order valence-electron chi connectivity index (χ4n) is 1.84. The Balaban J connectivity index is 2.11. The predicted molar refractivity (Wildman–Crippen MR) is 86.2 cm³/mol. The van der Waals surface area contributed by atoms with Gasteiger partial charge in [0.2, 0.25) is 0 Å². The molecule has 0 bridgehead atoms. The molecule has 2 nitrogen and oxygen atoms in total. The zero-order valence-corrected chi connectivity index (χ0v) is 13.1. The molecule has 0 heterocycles. The monoisotopic (exact) mass is 365 g/mol. The summed E-state index contributed by atoms with van der Waals surface area (Å²) in [6.07, 6.45) is 0. The summed E-state index contributed by atoms with van der Waals surface area (Å²) in [5, 5.41) is 3.02. The summed E-state index contributed by atoms with van der Waals surface area (Å²) in [5.41, 5.74) is 3.00. The molecule has 0 fully saturated rings. The fraction of sp³-hybridized carbons (Fsp3) is 0.188. The Morgan fingerprint density at radius 3 is 2.47 bits per heavy atom. The number of halogens is 1. The molecule has 0 aliphatic rings. The minimum absolute atomic E-state index is 0.00710. The molecule has 0 spiro atoms. The summed E-state index contributed by atoms with van der Waals surface area (Å²) in [6, 6.07) is 15.7. The summed E-state index contributed by atoms with van der Waals surface area (Å²) in [4.78, 5) is 12.2. The van der Waals surface area contributed by atoms with Gasteiger partial charge >= 0.3 is 0 Å². The van der Waals surface area contributed by atoms with Crippen molar-refractivity contribution in [3.63, 3.8) is 0 Å². The summed E-state index contributed by atoms with van der Waals surface area (Å²) in [5.74, 6) is -0.0331. The number of carbonyl (C=O) groups excluding carboxylic acids is 1. The molecule has 2 aromatic carbocycles. The standard InChI is InChI=1S/C16H16INO/c1-11-8-9-14(10-15(11)17)16(19)18-12(2)13-6-4-3-5-7-13/h3-10,12H,1-2H3,(H,18,19)/t12-/m1/s1. The third kappa shape index (κ3) is 3.56. The molecule has 0 aromatic heterocycles. The van der Waals surface area contributed by atoms with Crippen molar-refractivity contribution in [2.45, 2.75) is 19.9 Å². The van der Waals surface area contributed by atoms with Crippen molar-refractivity contribution in [1.82, 2.24) is 5.32 Å². The first kappa shape index (κ1) is 14.1. The van der Waals surface area contributed by atoms with Gasteiger partial charge < -0.3 is 5.32 Å². The number of hydrogen-bond acceptors (Lipinski definition) is 1. The van der Waals surface area contributed by atoms with E-state index in [1.54, 1.807) is 0 Å². The van der Waals surface area contributed by atoms with Crippen molar-refractivity contribution in [2.75, 3.05) is 0 Å². The smallest absolute Gasteiger partial charge is 0.251 e. The Bertz CT molecular complexity index is 581. The summed E-state index contributed by atoms with van der Waals surface area (Å²) in [6.45, 7) is 4.03. The van der Waals surface area contributed by atoms with Crippen LogP contribution in [0.1, 0.15) is 34.5 Å². The van der Waals surface area contributed by atoms with E-state index < -0.39 is 0 Å². The number of carbonyl (C=O) groups is 1. The van der Waals surface area contributed by atoms with Crippen LogP contribution >= 0.6 is 22.6 Å². The maximum absolute atomic E-state index is 12.2. The highest BCUT2D eigenvalue weighted by Gasteiger charge is 2.11. The van der Waals surface area contributed by atoms with Crippen LogP contribution in [0.3, 0.4) is 0 Å². The van der Waals surface area contributed by atoms with Crippen molar-refractivity contribution < 1.29 is 4.79 Å². The van der Waals surface area contributed by atoms with Crippen LogP contribution in [0.25, 0.3) is 0 Å². The molecule has 0 unspecified atom stereocenters. The molecule has 98 valence electrons. The van der Waals surface area contributed by atoms with Crippen molar-refractivity contribution in [1.29, 1.82) is 0 Å². The highest BCUT2D eigenvalue weighted by molar-refractivity contribution is 14.1. The zero-order valence-electron chi connectivity index (χ0n) is 11.0. The van der Waals surface area contributed by atoms with Gasteiger partial charge in [-0.05, 0) is 59.7 Å². The second-order valence-corrected chi connectivity index (χ2v) is 5.73. The molecule has 0 saturated carbocycles. The molecule has 1 atom stereocenters. The first-order chi connectivity index (χ1) is 9.08. The molecular formula is C16H16INO. The van der Waals surface area contributed by atoms with Gasteiger partial charge in [-0.1, -0.05) is 36.4 Å². The molecule has 0 saturated heterocycles. The van der Waals surface area contributed by atoms with Gasteiger partial charge in [-0.2, -0.15) is 0 Å². The van der Waals surface area contributed by atoms with E-state index in [4.69, 9.17) is 0 Å². The van der Waals surface area contributed by atoms with E-state index in [0.29, 0.717) is 5.56 Å². The third-order valence-electron chi connectivity index (χ3n) is 3.08. The lowest BCUT2D eigenvalue weighted by molar-refractivity contribution is 0.0940. The van der Waals surface area contributed by atoms with E-state index in [-0.39, 0.29) is 11.9 Å². The van der Waals surface area contributed by atoms with Gasteiger partial charge in [0.05, 0.1) is 6.04 Å². The Morgan fingerprint density at radius 2 is 1.84 bits per heavy atom. The van der Waals surface area contributed by atoms with Crippen LogP contribution in [0.4, 0.5) is 0 Å². The maximum atomic E-state index is 12.2. The van der Waals surface area contributed by atoms with Gasteiger partial charge in [0, 0.05) is 9.13 Å². The summed E-state index contributed by atoms with van der Waals surface area (Å²) >= 11 is 2.25. The highest BCUT2D eigenvalue weighted by atomic mass is 127. The van der Waals surface area contributed by atoms with E-state index in [2.05, 4.69) is 27.9 Å². The fourth-order valence-corrected chi connectivity index (χ4v) is 2.35. The Hall–Kier alpha value is -1.36. The number of amides is 1. The molecule has 0 radical (unpaired) electrons. The molecule has 2 aromatic rings. The van der Waals surface area contributed by atoms with Crippen LogP contribution in [0.2, 0.25) is 0 Å². The summed E-state index contributed by atoms with van der Waals surface area (Å²) in [7, 11) is 0. The van der Waals surface area contributed by atoms with Gasteiger partial charge in [-0.25, -0.2) is 0 Å². The normalized spacial score (nSPS) is 11.9. The van der Waals surface area contributed by atoms with Crippen LogP contribution < -0.4 is 5.32 Å². The predicted octanol–water partition coefficient (Wildman–Crippen LogP) is 4.09. The first-order valence-electron chi connectivity index (χ1n) is 6.20. The van der Waals surface area contributed by atoms with Crippen molar-refractivity contribution in [3.05, 3.63) is 68.8 Å². The van der Waals surface area contributed by atoms with Crippen LogP contribution in [0.5, 0.6) is 0 Å². The Morgan fingerprint density at radius 1 is 1.16 bits per heavy atom. The molecule has 19 heavy (non-hydrogen) atoms. The Labute approximate surface area is 127 Å². The molecular weight excluding hydrogens is 349 g/mol. The van der Waals surface area contributed by atoms with Crippen molar-refractivity contribution in [3.8, 4) is 0 Å². The molecule has 3 heteroatoms. The van der Waals surface area contributed by atoms with Crippen LogP contribution in [0, 0.1) is 10.5 Å². The van der Waals surface area contributed by atoms with Crippen molar-refractivity contribution in [2.24, 2.45) is 0 Å². The van der Waals surface area contributed by atoms with E-state index in [0.717, 1.165) is 9.13 Å². The van der Waals surface area contributed by atoms with Crippen molar-refractivity contribution >= 4 is 28.5 Å².